The van der Waals surface area contributed by atoms with E-state index in [2.05, 4.69) is 4.74 Å². The van der Waals surface area contributed by atoms with Gasteiger partial charge in [0.05, 0.1) is 25.2 Å². The molecule has 6 atom stereocenters. The van der Waals surface area contributed by atoms with E-state index < -0.39 is 54.3 Å². The number of halogens is 4. The van der Waals surface area contributed by atoms with Gasteiger partial charge in [0.1, 0.15) is 17.3 Å². The maximum absolute atomic E-state index is 13.9. The van der Waals surface area contributed by atoms with Crippen LogP contribution >= 0.6 is 0 Å². The normalized spacial score (nSPS) is 46.3. The molecule has 0 aromatic heterocycles. The summed E-state index contributed by atoms with van der Waals surface area (Å²) in [5.74, 6) is -1.21. The lowest BCUT2D eigenvalue weighted by Crippen LogP contribution is -2.56. The predicted octanol–water partition coefficient (Wildman–Crippen LogP) is 1.78. The molecule has 0 aromatic rings. The minimum Gasteiger partial charge on any atom is -0.373 e. The highest BCUT2D eigenvalue weighted by Crippen LogP contribution is 2.58. The lowest BCUT2D eigenvalue weighted by molar-refractivity contribution is -0.324. The molecular weight excluding hydrogens is 324 g/mol. The van der Waals surface area contributed by atoms with Crippen molar-refractivity contribution in [1.82, 2.24) is 0 Å². The number of carbonyl (C=O) groups excluding carboxylic acids is 1. The number of hydrogen-bond donors (Lipinski definition) is 0. The second-order valence-corrected chi connectivity index (χ2v) is 6.43. The van der Waals surface area contributed by atoms with E-state index in [-0.39, 0.29) is 19.4 Å². The average Bonchev–Trinajstić information content (AvgIpc) is 3.32. The van der Waals surface area contributed by atoms with Gasteiger partial charge in [0.2, 0.25) is 0 Å². The number of epoxide rings is 2. The Balaban J connectivity index is 1.69. The molecule has 0 unspecified atom stereocenters. The molecule has 0 aromatic carbocycles. The molecule has 23 heavy (non-hydrogen) atoms. The summed E-state index contributed by atoms with van der Waals surface area (Å²) in [7, 11) is 1.30. The minimum absolute atomic E-state index is 0.0201. The number of carbonyl (C=O) groups is 1. The molecule has 0 bridgehead atoms. The first-order chi connectivity index (χ1) is 10.6. The molecule has 9 heteroatoms. The fourth-order valence-electron chi connectivity index (χ4n) is 3.79. The van der Waals surface area contributed by atoms with Crippen LogP contribution in [0.1, 0.15) is 19.8 Å². The van der Waals surface area contributed by atoms with E-state index in [1.807, 2.05) is 0 Å². The Morgan fingerprint density at radius 2 is 2.04 bits per heavy atom. The van der Waals surface area contributed by atoms with E-state index in [0.29, 0.717) is 0 Å². The number of rotatable bonds is 5. The van der Waals surface area contributed by atoms with Gasteiger partial charge in [-0.1, -0.05) is 0 Å². The predicted molar refractivity (Wildman–Crippen MR) is 67.4 cm³/mol. The number of methoxy groups -OCH3 is 1. The number of ketones is 1. The number of alkyl halides is 4. The first-order valence-corrected chi connectivity index (χ1v) is 7.36. The molecule has 0 N–H and O–H groups in total. The zero-order chi connectivity index (χ0) is 17.0. The van der Waals surface area contributed by atoms with Crippen molar-refractivity contribution >= 4 is 5.78 Å². The maximum atomic E-state index is 13.9. The van der Waals surface area contributed by atoms with Gasteiger partial charge in [-0.25, -0.2) is 4.39 Å². The molecule has 3 fully saturated rings. The van der Waals surface area contributed by atoms with Gasteiger partial charge in [0.25, 0.3) is 0 Å². The van der Waals surface area contributed by atoms with Crippen molar-refractivity contribution in [2.75, 3.05) is 20.3 Å². The highest BCUT2D eigenvalue weighted by atomic mass is 19.4. The third-order valence-corrected chi connectivity index (χ3v) is 4.99. The zero-order valence-electron chi connectivity index (χ0n) is 12.7. The average molecular weight is 342 g/mol. The van der Waals surface area contributed by atoms with Crippen LogP contribution in [-0.4, -0.2) is 62.1 Å². The van der Waals surface area contributed by atoms with E-state index >= 15 is 0 Å². The van der Waals surface area contributed by atoms with Crippen LogP contribution < -0.4 is 0 Å². The third kappa shape index (κ3) is 2.99. The Bertz CT molecular complexity index is 492. The van der Waals surface area contributed by atoms with E-state index in [0.717, 1.165) is 0 Å². The van der Waals surface area contributed by atoms with Crippen molar-refractivity contribution < 1.29 is 41.3 Å². The summed E-state index contributed by atoms with van der Waals surface area (Å²) in [6, 6.07) is 0. The van der Waals surface area contributed by atoms with Gasteiger partial charge in [-0.15, -0.1) is 13.2 Å². The second kappa shape index (κ2) is 5.37. The van der Waals surface area contributed by atoms with Crippen molar-refractivity contribution in [3.63, 3.8) is 0 Å². The fourth-order valence-corrected chi connectivity index (χ4v) is 3.79. The van der Waals surface area contributed by atoms with Crippen LogP contribution in [-0.2, 0) is 23.7 Å². The third-order valence-electron chi connectivity index (χ3n) is 4.99. The number of hydrogen-bond acceptors (Lipinski definition) is 5. The zero-order valence-corrected chi connectivity index (χ0v) is 12.7. The summed E-state index contributed by atoms with van der Waals surface area (Å²) in [6.07, 6.45) is -7.94. The Morgan fingerprint density at radius 3 is 2.57 bits per heavy atom. The molecule has 5 nitrogen and oxygen atoms in total. The quantitative estimate of drug-likeness (QED) is 0.563. The van der Waals surface area contributed by atoms with Crippen LogP contribution in [0.2, 0.25) is 0 Å². The molecule has 3 aliphatic rings. The van der Waals surface area contributed by atoms with Crippen LogP contribution in [0.5, 0.6) is 0 Å². The highest BCUT2D eigenvalue weighted by molar-refractivity contribution is 5.89. The smallest absolute Gasteiger partial charge is 0.373 e. The molecule has 1 spiro atoms. The molecule has 0 amide bonds. The monoisotopic (exact) mass is 342 g/mol. The largest absolute Gasteiger partial charge is 0.522 e. The van der Waals surface area contributed by atoms with E-state index in [4.69, 9.17) is 14.2 Å². The standard InChI is InChI=1S/C14H18F4O5/c1-12(8(23-12)3-4-21-14(16,17)18)11-10(20-2)9(19)7(15)5-13(11)6-22-13/h7-8,10-11H,3-6H2,1-2H3/t7-,8+,10+,11+,12+,13-/m0/s1. The van der Waals surface area contributed by atoms with Crippen molar-refractivity contribution in [3.8, 4) is 0 Å². The Labute approximate surface area is 130 Å². The molecule has 2 saturated heterocycles. The van der Waals surface area contributed by atoms with Gasteiger partial charge in [-0.05, 0) is 6.92 Å². The molecule has 0 radical (unpaired) electrons. The van der Waals surface area contributed by atoms with Gasteiger partial charge in [0.15, 0.2) is 12.0 Å². The first kappa shape index (κ1) is 17.1. The van der Waals surface area contributed by atoms with Crippen molar-refractivity contribution in [2.45, 2.75) is 55.7 Å². The van der Waals surface area contributed by atoms with Crippen LogP contribution in [0.3, 0.4) is 0 Å². The van der Waals surface area contributed by atoms with Crippen LogP contribution in [0.15, 0.2) is 0 Å². The summed E-state index contributed by atoms with van der Waals surface area (Å²) in [5, 5.41) is 0. The number of ether oxygens (including phenoxy) is 4. The molecule has 132 valence electrons. The Kier molecular flexibility index (Phi) is 3.98. The fraction of sp³-hybridized carbons (Fsp3) is 0.929. The minimum atomic E-state index is -4.69. The van der Waals surface area contributed by atoms with E-state index in [9.17, 15) is 22.4 Å². The van der Waals surface area contributed by atoms with Gasteiger partial charge in [0, 0.05) is 20.0 Å². The van der Waals surface area contributed by atoms with E-state index in [1.165, 1.54) is 7.11 Å². The van der Waals surface area contributed by atoms with Gasteiger partial charge in [-0.3, -0.25) is 9.53 Å². The molecule has 3 rings (SSSR count). The first-order valence-electron chi connectivity index (χ1n) is 7.36. The Hall–Kier alpha value is -0.770. The highest BCUT2D eigenvalue weighted by Gasteiger charge is 2.73. The molecule has 1 saturated carbocycles. The van der Waals surface area contributed by atoms with Gasteiger partial charge >= 0.3 is 6.36 Å². The van der Waals surface area contributed by atoms with Crippen LogP contribution in [0.25, 0.3) is 0 Å². The summed E-state index contributed by atoms with van der Waals surface area (Å²) in [5.41, 5.74) is -1.72. The summed E-state index contributed by atoms with van der Waals surface area (Å²) < 4.78 is 69.9. The summed E-state index contributed by atoms with van der Waals surface area (Å²) in [4.78, 5) is 12.0. The summed E-state index contributed by atoms with van der Waals surface area (Å²) in [6.45, 7) is 1.44. The van der Waals surface area contributed by atoms with Crippen molar-refractivity contribution in [3.05, 3.63) is 0 Å². The lowest BCUT2D eigenvalue weighted by atomic mass is 9.68. The molecular formula is C14H18F4O5. The van der Waals surface area contributed by atoms with E-state index in [1.54, 1.807) is 6.92 Å². The van der Waals surface area contributed by atoms with Gasteiger partial charge < -0.3 is 14.2 Å². The second-order valence-electron chi connectivity index (χ2n) is 6.43. The molecule has 1 aliphatic carbocycles. The summed E-state index contributed by atoms with van der Waals surface area (Å²) >= 11 is 0. The maximum Gasteiger partial charge on any atom is 0.522 e. The van der Waals surface area contributed by atoms with Gasteiger partial charge in [-0.2, -0.15) is 0 Å². The number of Topliss-reactive ketones (excluding diaryl/α,β-unsaturated/α-hetero) is 1. The van der Waals surface area contributed by atoms with Crippen molar-refractivity contribution in [2.24, 2.45) is 5.92 Å². The topological polar surface area (TPSA) is 60.6 Å². The van der Waals surface area contributed by atoms with Crippen LogP contribution in [0, 0.1) is 5.92 Å². The van der Waals surface area contributed by atoms with Crippen LogP contribution in [0.4, 0.5) is 17.6 Å². The molecule has 2 heterocycles. The van der Waals surface area contributed by atoms with Crippen molar-refractivity contribution in [1.29, 1.82) is 0 Å². The lowest BCUT2D eigenvalue weighted by Gasteiger charge is -2.38. The Morgan fingerprint density at radius 1 is 1.39 bits per heavy atom. The SMILES string of the molecule is CO[C@@H]1C(=O)[C@@H](F)C[C@]2(CO2)[C@H]1[C@]1(C)O[C@@H]1CCOC(F)(F)F. The molecule has 2 aliphatic heterocycles.